The fourth-order valence-corrected chi connectivity index (χ4v) is 4.21. The molecule has 3 amide bonds. The second-order valence-corrected chi connectivity index (χ2v) is 8.49. The van der Waals surface area contributed by atoms with Crippen LogP contribution in [0.15, 0.2) is 72.8 Å². The van der Waals surface area contributed by atoms with Crippen LogP contribution >= 0.6 is 0 Å². The molecule has 3 N–H and O–H groups in total. The Bertz CT molecular complexity index is 1200. The third-order valence-electron chi connectivity index (χ3n) is 5.96. The molecule has 1 aliphatic heterocycles. The van der Waals surface area contributed by atoms with Gasteiger partial charge in [0.25, 0.3) is 17.7 Å². The topological polar surface area (TPSA) is 95.7 Å². The molecule has 0 radical (unpaired) electrons. The molecule has 1 saturated heterocycles. The van der Waals surface area contributed by atoms with E-state index in [0.29, 0.717) is 12.1 Å². The largest absolute Gasteiger partial charge is 0.349 e. The van der Waals surface area contributed by atoms with Gasteiger partial charge in [-0.3, -0.25) is 14.4 Å². The Morgan fingerprint density at radius 2 is 1.49 bits per heavy atom. The Morgan fingerprint density at radius 1 is 0.886 bits per heavy atom. The van der Waals surface area contributed by atoms with Gasteiger partial charge < -0.3 is 20.9 Å². The fourth-order valence-electron chi connectivity index (χ4n) is 4.21. The predicted molar refractivity (Wildman–Crippen MR) is 130 cm³/mol. The standard InChI is InChI=1S/C27H27FN4O3/c1-18-5-2-8-21(13-18)26(34)31-11-12-32(27(35)22-9-4-10-23(28)15-22)25(31)24(33)30-17-20-7-3-6-19(14-20)16-29/h2-10,13-15,25H,11-12,16-17,29H2,1H3,(H,30,33). The number of rotatable bonds is 6. The summed E-state index contributed by atoms with van der Waals surface area (Å²) in [4.78, 5) is 42.7. The van der Waals surface area contributed by atoms with Gasteiger partial charge in [0, 0.05) is 37.3 Å². The van der Waals surface area contributed by atoms with Crippen molar-refractivity contribution in [3.8, 4) is 0 Å². The summed E-state index contributed by atoms with van der Waals surface area (Å²) in [5.74, 6) is -1.92. The Hall–Kier alpha value is -4.04. The van der Waals surface area contributed by atoms with Gasteiger partial charge >= 0.3 is 0 Å². The zero-order chi connectivity index (χ0) is 24.9. The van der Waals surface area contributed by atoms with Crippen LogP contribution in [0, 0.1) is 12.7 Å². The van der Waals surface area contributed by atoms with Crippen molar-refractivity contribution in [1.82, 2.24) is 15.1 Å². The summed E-state index contributed by atoms with van der Waals surface area (Å²) in [7, 11) is 0. The smallest absolute Gasteiger partial charge is 0.264 e. The maximum atomic E-state index is 13.8. The molecule has 35 heavy (non-hydrogen) atoms. The molecule has 0 aliphatic carbocycles. The predicted octanol–water partition coefficient (Wildman–Crippen LogP) is 2.83. The summed E-state index contributed by atoms with van der Waals surface area (Å²) in [6.07, 6.45) is -1.17. The van der Waals surface area contributed by atoms with Gasteiger partial charge in [0.15, 0.2) is 6.17 Å². The molecule has 7 nitrogen and oxygen atoms in total. The maximum Gasteiger partial charge on any atom is 0.264 e. The number of carbonyl (C=O) groups excluding carboxylic acids is 3. The van der Waals surface area contributed by atoms with E-state index in [-0.39, 0.29) is 31.1 Å². The van der Waals surface area contributed by atoms with Crippen LogP contribution < -0.4 is 11.1 Å². The highest BCUT2D eigenvalue weighted by molar-refractivity contribution is 6.02. The first-order chi connectivity index (χ1) is 16.9. The maximum absolute atomic E-state index is 13.8. The number of nitrogens with zero attached hydrogens (tertiary/aromatic N) is 2. The number of amides is 3. The molecular weight excluding hydrogens is 447 g/mol. The minimum absolute atomic E-state index is 0.114. The van der Waals surface area contributed by atoms with Crippen molar-refractivity contribution in [3.05, 3.63) is 106 Å². The molecular formula is C27H27FN4O3. The number of nitrogens with two attached hydrogens (primary N) is 1. The highest BCUT2D eigenvalue weighted by Crippen LogP contribution is 2.22. The number of carbonyl (C=O) groups is 3. The van der Waals surface area contributed by atoms with Crippen LogP contribution in [0.2, 0.25) is 0 Å². The Morgan fingerprint density at radius 3 is 2.11 bits per heavy atom. The highest BCUT2D eigenvalue weighted by Gasteiger charge is 2.43. The van der Waals surface area contributed by atoms with E-state index in [2.05, 4.69) is 5.32 Å². The zero-order valence-electron chi connectivity index (χ0n) is 19.4. The van der Waals surface area contributed by atoms with E-state index in [0.717, 1.165) is 22.8 Å². The van der Waals surface area contributed by atoms with E-state index >= 15 is 0 Å². The van der Waals surface area contributed by atoms with Crippen molar-refractivity contribution < 1.29 is 18.8 Å². The second-order valence-electron chi connectivity index (χ2n) is 8.49. The Labute approximate surface area is 203 Å². The molecule has 180 valence electrons. The molecule has 0 saturated carbocycles. The van der Waals surface area contributed by atoms with Crippen molar-refractivity contribution in [2.45, 2.75) is 26.2 Å². The van der Waals surface area contributed by atoms with Gasteiger partial charge in [-0.15, -0.1) is 0 Å². The van der Waals surface area contributed by atoms with Gasteiger partial charge in [-0.2, -0.15) is 0 Å². The summed E-state index contributed by atoms with van der Waals surface area (Å²) < 4.78 is 13.8. The molecule has 1 aliphatic rings. The number of hydrogen-bond donors (Lipinski definition) is 2. The third kappa shape index (κ3) is 5.38. The number of benzene rings is 3. The molecule has 8 heteroatoms. The molecule has 0 spiro atoms. The van der Waals surface area contributed by atoms with Gasteiger partial charge in [-0.05, 0) is 48.4 Å². The quantitative estimate of drug-likeness (QED) is 0.574. The van der Waals surface area contributed by atoms with E-state index < -0.39 is 23.8 Å². The summed E-state index contributed by atoms with van der Waals surface area (Å²) >= 11 is 0. The van der Waals surface area contributed by atoms with Crippen LogP contribution in [-0.2, 0) is 17.9 Å². The lowest BCUT2D eigenvalue weighted by Gasteiger charge is -2.29. The van der Waals surface area contributed by atoms with E-state index in [4.69, 9.17) is 5.73 Å². The summed E-state index contributed by atoms with van der Waals surface area (Å²) in [6.45, 7) is 2.78. The Balaban J connectivity index is 1.61. The van der Waals surface area contributed by atoms with E-state index in [9.17, 15) is 18.8 Å². The van der Waals surface area contributed by atoms with Crippen molar-refractivity contribution in [2.24, 2.45) is 5.73 Å². The summed E-state index contributed by atoms with van der Waals surface area (Å²) in [5, 5.41) is 2.85. The van der Waals surface area contributed by atoms with Crippen LogP contribution in [0.3, 0.4) is 0 Å². The lowest BCUT2D eigenvalue weighted by atomic mass is 10.1. The van der Waals surface area contributed by atoms with Crippen LogP contribution in [0.25, 0.3) is 0 Å². The van der Waals surface area contributed by atoms with E-state index in [1.807, 2.05) is 37.3 Å². The fraction of sp³-hybridized carbons (Fsp3) is 0.222. The number of aryl methyl sites for hydroxylation is 1. The minimum atomic E-state index is -1.17. The molecule has 1 atom stereocenters. The molecule has 4 rings (SSSR count). The average molecular weight is 475 g/mol. The molecule has 3 aromatic rings. The first-order valence-corrected chi connectivity index (χ1v) is 11.4. The minimum Gasteiger partial charge on any atom is -0.349 e. The third-order valence-corrected chi connectivity index (χ3v) is 5.96. The average Bonchev–Trinajstić information content (AvgIpc) is 3.31. The second kappa shape index (κ2) is 10.5. The number of nitrogens with one attached hydrogen (secondary N) is 1. The summed E-state index contributed by atoms with van der Waals surface area (Å²) in [5.41, 5.74) is 8.93. The van der Waals surface area contributed by atoms with Gasteiger partial charge in [-0.25, -0.2) is 4.39 Å². The first-order valence-electron chi connectivity index (χ1n) is 11.4. The van der Waals surface area contributed by atoms with Crippen molar-refractivity contribution in [3.63, 3.8) is 0 Å². The first kappa shape index (κ1) is 24.1. The van der Waals surface area contributed by atoms with Crippen LogP contribution in [0.4, 0.5) is 4.39 Å². The lowest BCUT2D eigenvalue weighted by Crippen LogP contribution is -2.53. The van der Waals surface area contributed by atoms with Crippen LogP contribution in [-0.4, -0.2) is 46.8 Å². The van der Waals surface area contributed by atoms with Crippen LogP contribution in [0.1, 0.15) is 37.4 Å². The summed E-state index contributed by atoms with van der Waals surface area (Å²) in [6, 6.07) is 19.9. The molecule has 1 fully saturated rings. The monoisotopic (exact) mass is 474 g/mol. The normalized spacial score (nSPS) is 15.2. The molecule has 3 aromatic carbocycles. The molecule has 0 aromatic heterocycles. The van der Waals surface area contributed by atoms with Crippen molar-refractivity contribution >= 4 is 17.7 Å². The SMILES string of the molecule is Cc1cccc(C(=O)N2CCN(C(=O)c3cccc(F)c3)C2C(=O)NCc2cccc(CN)c2)c1. The number of halogens is 1. The van der Waals surface area contributed by atoms with E-state index in [1.165, 1.54) is 28.0 Å². The van der Waals surface area contributed by atoms with Crippen molar-refractivity contribution in [1.29, 1.82) is 0 Å². The number of hydrogen-bond acceptors (Lipinski definition) is 4. The van der Waals surface area contributed by atoms with Gasteiger partial charge in [0.1, 0.15) is 5.82 Å². The molecule has 0 bridgehead atoms. The van der Waals surface area contributed by atoms with Crippen molar-refractivity contribution in [2.75, 3.05) is 13.1 Å². The molecule has 1 heterocycles. The van der Waals surface area contributed by atoms with Gasteiger partial charge in [0.2, 0.25) is 0 Å². The zero-order valence-corrected chi connectivity index (χ0v) is 19.4. The Kier molecular flexibility index (Phi) is 7.22. The van der Waals surface area contributed by atoms with E-state index in [1.54, 1.807) is 18.2 Å². The van der Waals surface area contributed by atoms with Crippen LogP contribution in [0.5, 0.6) is 0 Å². The lowest BCUT2D eigenvalue weighted by molar-refractivity contribution is -0.128. The molecule has 1 unspecified atom stereocenters. The highest BCUT2D eigenvalue weighted by atomic mass is 19.1. The van der Waals surface area contributed by atoms with Gasteiger partial charge in [-0.1, -0.05) is 48.0 Å². The van der Waals surface area contributed by atoms with Gasteiger partial charge in [0.05, 0.1) is 0 Å².